The third-order valence-corrected chi connectivity index (χ3v) is 3.93. The first-order chi connectivity index (χ1) is 9.20. The van der Waals surface area contributed by atoms with E-state index in [9.17, 15) is 9.18 Å². The fourth-order valence-corrected chi connectivity index (χ4v) is 2.55. The monoisotopic (exact) mass is 263 g/mol. The summed E-state index contributed by atoms with van der Waals surface area (Å²) in [5.41, 5.74) is 0.0747. The van der Waals surface area contributed by atoms with Crippen molar-refractivity contribution in [2.75, 3.05) is 12.4 Å². The molecule has 1 heterocycles. The summed E-state index contributed by atoms with van der Waals surface area (Å²) in [4.78, 5) is 16.0. The van der Waals surface area contributed by atoms with Crippen molar-refractivity contribution < 1.29 is 9.18 Å². The van der Waals surface area contributed by atoms with E-state index in [0.29, 0.717) is 11.8 Å². The molecular formula is C14H18FN3O. The third-order valence-electron chi connectivity index (χ3n) is 3.93. The summed E-state index contributed by atoms with van der Waals surface area (Å²) in [7, 11) is 1.59. The summed E-state index contributed by atoms with van der Waals surface area (Å²) < 4.78 is 14.0. The Labute approximate surface area is 111 Å². The topological polar surface area (TPSA) is 54.0 Å². The van der Waals surface area contributed by atoms with Gasteiger partial charge in [-0.1, -0.05) is 0 Å². The summed E-state index contributed by atoms with van der Waals surface area (Å²) in [5.74, 6) is 0.422. The highest BCUT2D eigenvalue weighted by Gasteiger charge is 2.42. The van der Waals surface area contributed by atoms with E-state index in [4.69, 9.17) is 0 Å². The number of hydrogen-bond donors (Lipinski definition) is 2. The largest absolute Gasteiger partial charge is 0.371 e. The van der Waals surface area contributed by atoms with Crippen LogP contribution in [0.25, 0.3) is 0 Å². The molecule has 0 aromatic carbocycles. The van der Waals surface area contributed by atoms with Gasteiger partial charge in [-0.2, -0.15) is 0 Å². The van der Waals surface area contributed by atoms with Crippen LogP contribution in [0.3, 0.4) is 0 Å². The maximum absolute atomic E-state index is 14.0. The Kier molecular flexibility index (Phi) is 3.12. The van der Waals surface area contributed by atoms with Gasteiger partial charge in [0.15, 0.2) is 11.6 Å². The standard InChI is InChI=1S/C14H18FN3O/c1-16-13-11(15)10(6-7-17-13)14(19)18-12(8-2-3-8)9-4-5-9/h6-9,12H,2-5H2,1H3,(H,16,17)(H,18,19). The maximum atomic E-state index is 14.0. The van der Waals surface area contributed by atoms with Crippen molar-refractivity contribution in [2.45, 2.75) is 31.7 Å². The minimum atomic E-state index is -0.576. The Morgan fingerprint density at radius 2 is 2.00 bits per heavy atom. The van der Waals surface area contributed by atoms with Gasteiger partial charge >= 0.3 is 0 Å². The summed E-state index contributed by atoms with van der Waals surface area (Å²) >= 11 is 0. The number of anilines is 1. The molecule has 0 unspecified atom stereocenters. The highest BCUT2D eigenvalue weighted by Crippen LogP contribution is 2.44. The predicted molar refractivity (Wildman–Crippen MR) is 70.4 cm³/mol. The molecule has 1 amide bonds. The molecule has 2 fully saturated rings. The van der Waals surface area contributed by atoms with Crippen LogP contribution in [-0.2, 0) is 0 Å². The van der Waals surface area contributed by atoms with Gasteiger partial charge in [0, 0.05) is 19.3 Å². The quantitative estimate of drug-likeness (QED) is 0.856. The van der Waals surface area contributed by atoms with E-state index in [2.05, 4.69) is 15.6 Å². The van der Waals surface area contributed by atoms with Crippen molar-refractivity contribution in [3.05, 3.63) is 23.6 Å². The molecule has 102 valence electrons. The van der Waals surface area contributed by atoms with Crippen LogP contribution in [-0.4, -0.2) is 24.0 Å². The van der Waals surface area contributed by atoms with E-state index in [-0.39, 0.29) is 23.3 Å². The molecule has 19 heavy (non-hydrogen) atoms. The second-order valence-electron chi connectivity index (χ2n) is 5.45. The van der Waals surface area contributed by atoms with Gasteiger partial charge < -0.3 is 10.6 Å². The zero-order valence-electron chi connectivity index (χ0n) is 10.9. The molecule has 0 atom stereocenters. The van der Waals surface area contributed by atoms with Gasteiger partial charge in [-0.05, 0) is 43.6 Å². The van der Waals surface area contributed by atoms with Gasteiger partial charge in [-0.3, -0.25) is 4.79 Å². The van der Waals surface area contributed by atoms with Crippen LogP contribution in [0.15, 0.2) is 12.3 Å². The van der Waals surface area contributed by atoms with Crippen LogP contribution >= 0.6 is 0 Å². The van der Waals surface area contributed by atoms with Gasteiger partial charge in [-0.25, -0.2) is 9.37 Å². The van der Waals surface area contributed by atoms with E-state index >= 15 is 0 Å². The minimum Gasteiger partial charge on any atom is -0.371 e. The molecule has 0 spiro atoms. The van der Waals surface area contributed by atoms with Crippen molar-refractivity contribution in [2.24, 2.45) is 11.8 Å². The van der Waals surface area contributed by atoms with Crippen molar-refractivity contribution in [1.82, 2.24) is 10.3 Å². The van der Waals surface area contributed by atoms with E-state index in [1.165, 1.54) is 37.9 Å². The number of amides is 1. The first-order valence-corrected chi connectivity index (χ1v) is 6.84. The van der Waals surface area contributed by atoms with Crippen LogP contribution in [0.1, 0.15) is 36.0 Å². The van der Waals surface area contributed by atoms with Crippen LogP contribution in [0, 0.1) is 17.7 Å². The molecule has 4 nitrogen and oxygen atoms in total. The first-order valence-electron chi connectivity index (χ1n) is 6.84. The Bertz CT molecular complexity index is 485. The number of nitrogens with one attached hydrogen (secondary N) is 2. The van der Waals surface area contributed by atoms with E-state index in [1.807, 2.05) is 0 Å². The molecule has 2 aliphatic carbocycles. The summed E-state index contributed by atoms with van der Waals surface area (Å²) in [6, 6.07) is 1.67. The Morgan fingerprint density at radius 3 is 2.53 bits per heavy atom. The first kappa shape index (κ1) is 12.4. The number of hydrogen-bond acceptors (Lipinski definition) is 3. The average Bonchev–Trinajstić information content (AvgIpc) is 3.29. The van der Waals surface area contributed by atoms with E-state index in [0.717, 1.165) is 0 Å². The van der Waals surface area contributed by atoms with Gasteiger partial charge in [0.25, 0.3) is 5.91 Å². The number of carbonyl (C=O) groups is 1. The van der Waals surface area contributed by atoms with Crippen molar-refractivity contribution in [3.8, 4) is 0 Å². The van der Waals surface area contributed by atoms with E-state index < -0.39 is 5.82 Å². The number of carbonyl (C=O) groups excluding carboxylic acids is 1. The lowest BCUT2D eigenvalue weighted by Gasteiger charge is -2.18. The van der Waals surface area contributed by atoms with Gasteiger partial charge in [0.1, 0.15) is 0 Å². The molecule has 0 radical (unpaired) electrons. The average molecular weight is 263 g/mol. The smallest absolute Gasteiger partial charge is 0.254 e. The summed E-state index contributed by atoms with van der Waals surface area (Å²) in [6.07, 6.45) is 6.18. The molecule has 5 heteroatoms. The molecule has 3 rings (SSSR count). The molecule has 0 bridgehead atoms. The number of aromatic nitrogens is 1. The van der Waals surface area contributed by atoms with Gasteiger partial charge in [-0.15, -0.1) is 0 Å². The normalized spacial score (nSPS) is 18.5. The lowest BCUT2D eigenvalue weighted by atomic mass is 10.1. The Hall–Kier alpha value is -1.65. The SMILES string of the molecule is CNc1nccc(C(=O)NC(C2CC2)C2CC2)c1F. The molecule has 0 saturated heterocycles. The number of rotatable bonds is 5. The lowest BCUT2D eigenvalue weighted by molar-refractivity contribution is 0.0922. The van der Waals surface area contributed by atoms with Crippen LogP contribution < -0.4 is 10.6 Å². The maximum Gasteiger partial charge on any atom is 0.254 e. The number of nitrogens with zero attached hydrogens (tertiary/aromatic N) is 1. The molecule has 1 aromatic rings. The molecule has 2 aliphatic rings. The molecule has 2 saturated carbocycles. The van der Waals surface area contributed by atoms with Gasteiger partial charge in [0.05, 0.1) is 5.56 Å². The van der Waals surface area contributed by atoms with Crippen LogP contribution in [0.5, 0.6) is 0 Å². The number of halogens is 1. The fraction of sp³-hybridized carbons (Fsp3) is 0.571. The highest BCUT2D eigenvalue weighted by atomic mass is 19.1. The number of pyridine rings is 1. The van der Waals surface area contributed by atoms with Gasteiger partial charge in [0.2, 0.25) is 0 Å². The van der Waals surface area contributed by atoms with E-state index in [1.54, 1.807) is 7.05 Å². The lowest BCUT2D eigenvalue weighted by Crippen LogP contribution is -2.38. The molecule has 0 aliphatic heterocycles. The fourth-order valence-electron chi connectivity index (χ4n) is 2.55. The summed E-state index contributed by atoms with van der Waals surface area (Å²) in [5, 5.41) is 5.66. The highest BCUT2D eigenvalue weighted by molar-refractivity contribution is 5.95. The van der Waals surface area contributed by atoms with Crippen LogP contribution in [0.4, 0.5) is 10.2 Å². The van der Waals surface area contributed by atoms with Crippen molar-refractivity contribution in [3.63, 3.8) is 0 Å². The van der Waals surface area contributed by atoms with Crippen molar-refractivity contribution in [1.29, 1.82) is 0 Å². The molecule has 1 aromatic heterocycles. The Morgan fingerprint density at radius 1 is 1.37 bits per heavy atom. The zero-order valence-corrected chi connectivity index (χ0v) is 10.9. The van der Waals surface area contributed by atoms with Crippen LogP contribution in [0.2, 0.25) is 0 Å². The zero-order chi connectivity index (χ0) is 13.4. The van der Waals surface area contributed by atoms with Crippen molar-refractivity contribution >= 4 is 11.7 Å². The Balaban J connectivity index is 1.75. The second kappa shape index (κ2) is 4.79. The molecule has 2 N–H and O–H groups in total. The minimum absolute atomic E-state index is 0.0747. The predicted octanol–water partition coefficient (Wildman–Crippen LogP) is 2.18. The second-order valence-corrected chi connectivity index (χ2v) is 5.45. The molecular weight excluding hydrogens is 245 g/mol. The summed E-state index contributed by atoms with van der Waals surface area (Å²) in [6.45, 7) is 0. The third kappa shape index (κ3) is 2.55.